The number of carbonyl (C=O) groups is 1. The van der Waals surface area contributed by atoms with Gasteiger partial charge in [-0.25, -0.2) is 0 Å². The van der Waals surface area contributed by atoms with Gasteiger partial charge in [-0.3, -0.25) is 4.79 Å². The first-order valence-corrected chi connectivity index (χ1v) is 7.52. The Morgan fingerprint density at radius 2 is 1.59 bits per heavy atom. The molecule has 3 heteroatoms. The number of nitrogens with one attached hydrogen (secondary N) is 1. The van der Waals surface area contributed by atoms with Crippen molar-refractivity contribution in [2.24, 2.45) is 5.92 Å². The first-order valence-electron chi connectivity index (χ1n) is 7.52. The second kappa shape index (κ2) is 6.75. The largest absolute Gasteiger partial charge is 0.388 e. The number of carbonyl (C=O) groups excluding carboxylic acids is 1. The summed E-state index contributed by atoms with van der Waals surface area (Å²) in [7, 11) is 0. The van der Waals surface area contributed by atoms with Gasteiger partial charge in [0, 0.05) is 5.69 Å². The fourth-order valence-corrected chi connectivity index (χ4v) is 2.70. The summed E-state index contributed by atoms with van der Waals surface area (Å²) in [6.07, 6.45) is -0.813. The molecule has 1 amide bonds. The summed E-state index contributed by atoms with van der Waals surface area (Å²) in [6.45, 7) is 7.74. The van der Waals surface area contributed by atoms with Gasteiger partial charge < -0.3 is 10.4 Å². The zero-order chi connectivity index (χ0) is 16.3. The van der Waals surface area contributed by atoms with Gasteiger partial charge in [-0.15, -0.1) is 0 Å². The van der Waals surface area contributed by atoms with Crippen LogP contribution in [0.5, 0.6) is 0 Å². The van der Waals surface area contributed by atoms with E-state index < -0.39 is 12.0 Å². The number of anilines is 1. The molecule has 3 nitrogen and oxygen atoms in total. The average molecular weight is 297 g/mol. The van der Waals surface area contributed by atoms with Gasteiger partial charge in [0.25, 0.3) is 0 Å². The van der Waals surface area contributed by atoms with E-state index in [-0.39, 0.29) is 5.91 Å². The lowest BCUT2D eigenvalue weighted by Gasteiger charge is -2.20. The molecule has 0 aliphatic carbocycles. The molecule has 0 fully saturated rings. The molecule has 0 heterocycles. The highest BCUT2D eigenvalue weighted by Crippen LogP contribution is 2.26. The molecule has 2 N–H and O–H groups in total. The normalized spacial score (nSPS) is 13.5. The average Bonchev–Trinajstić information content (AvgIpc) is 2.50. The van der Waals surface area contributed by atoms with E-state index in [1.54, 1.807) is 6.92 Å². The lowest BCUT2D eigenvalue weighted by Crippen LogP contribution is -2.26. The quantitative estimate of drug-likeness (QED) is 0.898. The van der Waals surface area contributed by atoms with E-state index in [0.29, 0.717) is 0 Å². The lowest BCUT2D eigenvalue weighted by atomic mass is 9.96. The van der Waals surface area contributed by atoms with E-state index in [4.69, 9.17) is 0 Å². The second-order valence-corrected chi connectivity index (χ2v) is 5.91. The number of aliphatic hydroxyl groups is 1. The van der Waals surface area contributed by atoms with Crippen LogP contribution in [0.4, 0.5) is 5.69 Å². The van der Waals surface area contributed by atoms with Crippen molar-refractivity contribution in [3.05, 3.63) is 64.7 Å². The second-order valence-electron chi connectivity index (χ2n) is 5.91. The number of aliphatic hydroxyl groups excluding tert-OH is 1. The number of hydrogen-bond acceptors (Lipinski definition) is 2. The van der Waals surface area contributed by atoms with Gasteiger partial charge in [-0.2, -0.15) is 0 Å². The van der Waals surface area contributed by atoms with Gasteiger partial charge in [-0.1, -0.05) is 55.0 Å². The number of amides is 1. The molecular formula is C19H23NO2. The van der Waals surface area contributed by atoms with Crippen LogP contribution < -0.4 is 5.32 Å². The minimum Gasteiger partial charge on any atom is -0.388 e. The van der Waals surface area contributed by atoms with Crippen LogP contribution >= 0.6 is 0 Å². The summed E-state index contributed by atoms with van der Waals surface area (Å²) in [5, 5.41) is 13.3. The van der Waals surface area contributed by atoms with Crippen LogP contribution in [0.1, 0.15) is 35.3 Å². The molecular weight excluding hydrogens is 274 g/mol. The Kier molecular flexibility index (Phi) is 4.99. The predicted octanol–water partition coefficient (Wildman–Crippen LogP) is 3.92. The highest BCUT2D eigenvalue weighted by Gasteiger charge is 2.24. The van der Waals surface area contributed by atoms with Crippen LogP contribution in [0, 0.1) is 26.7 Å². The number of aryl methyl sites for hydroxylation is 3. The fourth-order valence-electron chi connectivity index (χ4n) is 2.70. The van der Waals surface area contributed by atoms with Crippen molar-refractivity contribution in [2.45, 2.75) is 33.8 Å². The van der Waals surface area contributed by atoms with Crippen LogP contribution in [0.15, 0.2) is 42.5 Å². The molecule has 0 saturated heterocycles. The SMILES string of the molecule is Cc1cc(C)c(NC(=O)[C@@H](C)[C@@H](O)c2ccccc2)c(C)c1. The highest BCUT2D eigenvalue weighted by atomic mass is 16.3. The predicted molar refractivity (Wildman–Crippen MR) is 89.8 cm³/mol. The van der Waals surface area contributed by atoms with Gasteiger partial charge in [-0.05, 0) is 37.5 Å². The van der Waals surface area contributed by atoms with E-state index >= 15 is 0 Å². The third-order valence-electron chi connectivity index (χ3n) is 3.95. The monoisotopic (exact) mass is 297 g/mol. The topological polar surface area (TPSA) is 49.3 Å². The van der Waals surface area contributed by atoms with Crippen molar-refractivity contribution >= 4 is 11.6 Å². The van der Waals surface area contributed by atoms with Crippen molar-refractivity contribution in [3.63, 3.8) is 0 Å². The maximum Gasteiger partial charge on any atom is 0.230 e. The zero-order valence-corrected chi connectivity index (χ0v) is 13.6. The van der Waals surface area contributed by atoms with Crippen LogP contribution in [0.2, 0.25) is 0 Å². The highest BCUT2D eigenvalue weighted by molar-refractivity contribution is 5.94. The van der Waals surface area contributed by atoms with Crippen molar-refractivity contribution in [1.29, 1.82) is 0 Å². The first-order chi connectivity index (χ1) is 10.4. The van der Waals surface area contributed by atoms with Crippen LogP contribution in [-0.2, 0) is 4.79 Å². The minimum absolute atomic E-state index is 0.175. The van der Waals surface area contributed by atoms with E-state index in [1.807, 2.05) is 63.2 Å². The third kappa shape index (κ3) is 3.55. The smallest absolute Gasteiger partial charge is 0.230 e. The Labute approximate surface area is 132 Å². The number of benzene rings is 2. The van der Waals surface area contributed by atoms with Crippen molar-refractivity contribution < 1.29 is 9.90 Å². The molecule has 0 aliphatic heterocycles. The fraction of sp³-hybridized carbons (Fsp3) is 0.316. The zero-order valence-electron chi connectivity index (χ0n) is 13.6. The molecule has 2 aromatic rings. The Bertz CT molecular complexity index is 641. The summed E-state index contributed by atoms with van der Waals surface area (Å²) in [6, 6.07) is 13.4. The lowest BCUT2D eigenvalue weighted by molar-refractivity contribution is -0.122. The van der Waals surface area contributed by atoms with E-state index in [1.165, 1.54) is 5.56 Å². The molecule has 0 spiro atoms. The molecule has 0 saturated carbocycles. The van der Waals surface area contributed by atoms with Crippen molar-refractivity contribution in [1.82, 2.24) is 0 Å². The Morgan fingerprint density at radius 1 is 1.05 bits per heavy atom. The van der Waals surface area contributed by atoms with Gasteiger partial charge in [0.15, 0.2) is 0 Å². The van der Waals surface area contributed by atoms with Crippen LogP contribution in [0.25, 0.3) is 0 Å². The van der Waals surface area contributed by atoms with Gasteiger partial charge in [0.1, 0.15) is 0 Å². The molecule has 2 rings (SSSR count). The standard InChI is InChI=1S/C19H23NO2/c1-12-10-13(2)17(14(3)11-12)20-19(22)15(4)18(21)16-8-6-5-7-9-16/h5-11,15,18,21H,1-4H3,(H,20,22)/t15-,18+/m0/s1. The van der Waals surface area contributed by atoms with Crippen molar-refractivity contribution in [3.8, 4) is 0 Å². The van der Waals surface area contributed by atoms with E-state index in [9.17, 15) is 9.90 Å². The molecule has 116 valence electrons. The molecule has 2 aromatic carbocycles. The Balaban J connectivity index is 2.16. The van der Waals surface area contributed by atoms with Crippen molar-refractivity contribution in [2.75, 3.05) is 5.32 Å². The molecule has 0 aliphatic rings. The first kappa shape index (κ1) is 16.2. The summed E-state index contributed by atoms with van der Waals surface area (Å²) in [4.78, 5) is 12.4. The van der Waals surface area contributed by atoms with E-state index in [2.05, 4.69) is 5.32 Å². The maximum absolute atomic E-state index is 12.4. The van der Waals surface area contributed by atoms with Crippen LogP contribution in [0.3, 0.4) is 0 Å². The van der Waals surface area contributed by atoms with Gasteiger partial charge in [0.05, 0.1) is 12.0 Å². The number of hydrogen-bond donors (Lipinski definition) is 2. The number of rotatable bonds is 4. The third-order valence-corrected chi connectivity index (χ3v) is 3.95. The minimum atomic E-state index is -0.813. The summed E-state index contributed by atoms with van der Waals surface area (Å²) >= 11 is 0. The Hall–Kier alpha value is -2.13. The van der Waals surface area contributed by atoms with Crippen LogP contribution in [-0.4, -0.2) is 11.0 Å². The molecule has 0 bridgehead atoms. The summed E-state index contributed by atoms with van der Waals surface area (Å²) < 4.78 is 0. The molecule has 0 aromatic heterocycles. The maximum atomic E-state index is 12.4. The van der Waals surface area contributed by atoms with E-state index in [0.717, 1.165) is 22.4 Å². The molecule has 0 radical (unpaired) electrons. The van der Waals surface area contributed by atoms with Gasteiger partial charge >= 0.3 is 0 Å². The van der Waals surface area contributed by atoms with Gasteiger partial charge in [0.2, 0.25) is 5.91 Å². The summed E-state index contributed by atoms with van der Waals surface area (Å²) in [5.74, 6) is -0.700. The molecule has 22 heavy (non-hydrogen) atoms. The summed E-state index contributed by atoms with van der Waals surface area (Å²) in [5.41, 5.74) is 4.83. The molecule has 2 atom stereocenters. The molecule has 0 unspecified atom stereocenters. The Morgan fingerprint density at radius 3 is 2.14 bits per heavy atom.